The quantitative estimate of drug-likeness (QED) is 0.599. The number of rotatable bonds is 6. The molecule has 1 aliphatic heterocycles. The number of hydrogen-bond acceptors (Lipinski definition) is 6. The Labute approximate surface area is 166 Å². The molecule has 1 aromatic carbocycles. The molecule has 1 saturated heterocycles. The molecule has 28 heavy (non-hydrogen) atoms. The van der Waals surface area contributed by atoms with E-state index in [-0.39, 0.29) is 6.10 Å². The number of benzene rings is 1. The molecule has 1 fully saturated rings. The van der Waals surface area contributed by atoms with Crippen LogP contribution in [-0.2, 0) is 0 Å². The number of nitrogens with one attached hydrogen (secondary N) is 1. The fourth-order valence-corrected chi connectivity index (χ4v) is 3.11. The molecule has 8 nitrogen and oxygen atoms in total. The Balaban J connectivity index is 1.48. The molecule has 2 heterocycles. The molecular weight excluding hydrogens is 356 g/mol. The maximum atomic E-state index is 6.01. The van der Waals surface area contributed by atoms with Gasteiger partial charge in [0, 0.05) is 45.6 Å². The van der Waals surface area contributed by atoms with Crippen molar-refractivity contribution in [1.82, 2.24) is 20.2 Å². The zero-order valence-corrected chi connectivity index (χ0v) is 16.7. The Hall–Kier alpha value is -3.03. The number of aliphatic imine (C=N–C) groups is 1. The average molecular weight is 384 g/mol. The van der Waals surface area contributed by atoms with Crippen molar-refractivity contribution >= 4 is 11.9 Å². The minimum atomic E-state index is -0.0351. The summed E-state index contributed by atoms with van der Waals surface area (Å²) in [5.41, 5.74) is 0. The predicted octanol–water partition coefficient (Wildman–Crippen LogP) is 1.65. The Morgan fingerprint density at radius 3 is 2.43 bits per heavy atom. The van der Waals surface area contributed by atoms with Crippen LogP contribution in [-0.4, -0.2) is 73.8 Å². The van der Waals surface area contributed by atoms with Gasteiger partial charge in [-0.05, 0) is 25.1 Å². The predicted molar refractivity (Wildman–Crippen MR) is 110 cm³/mol. The molecule has 150 valence electrons. The second-order valence-corrected chi connectivity index (χ2v) is 6.53. The summed E-state index contributed by atoms with van der Waals surface area (Å²) in [4.78, 5) is 17.5. The summed E-state index contributed by atoms with van der Waals surface area (Å²) in [6.45, 7) is 6.11. The lowest BCUT2D eigenvalue weighted by atomic mass is 10.3. The smallest absolute Gasteiger partial charge is 0.225 e. The molecule has 0 aliphatic carbocycles. The van der Waals surface area contributed by atoms with Gasteiger partial charge in [-0.2, -0.15) is 0 Å². The molecule has 0 spiro atoms. The van der Waals surface area contributed by atoms with Crippen molar-refractivity contribution in [2.75, 3.05) is 51.8 Å². The summed E-state index contributed by atoms with van der Waals surface area (Å²) >= 11 is 0. The zero-order valence-electron chi connectivity index (χ0n) is 16.7. The SMILES string of the molecule is CN=C(NCC(C)Oc1ccccc1OC)N1CCN(c2ncccn2)CC1. The molecule has 1 aliphatic rings. The van der Waals surface area contributed by atoms with Crippen LogP contribution in [0.3, 0.4) is 0 Å². The Kier molecular flexibility index (Phi) is 6.89. The fraction of sp³-hybridized carbons (Fsp3) is 0.450. The van der Waals surface area contributed by atoms with Crippen LogP contribution in [0.25, 0.3) is 0 Å². The standard InChI is InChI=1S/C20H28N6O2/c1-16(28-18-8-5-4-7-17(18)27-3)15-24-19(21-2)25-11-13-26(14-12-25)20-22-9-6-10-23-20/h4-10,16H,11-15H2,1-3H3,(H,21,24). The van der Waals surface area contributed by atoms with E-state index < -0.39 is 0 Å². The van der Waals surface area contributed by atoms with Crippen molar-refractivity contribution < 1.29 is 9.47 Å². The number of hydrogen-bond donors (Lipinski definition) is 1. The number of ether oxygens (including phenoxy) is 2. The summed E-state index contributed by atoms with van der Waals surface area (Å²) in [6, 6.07) is 9.50. The number of nitrogens with zero attached hydrogens (tertiary/aromatic N) is 5. The first-order valence-electron chi connectivity index (χ1n) is 9.48. The monoisotopic (exact) mass is 384 g/mol. The van der Waals surface area contributed by atoms with Crippen LogP contribution in [0.15, 0.2) is 47.7 Å². The van der Waals surface area contributed by atoms with Gasteiger partial charge in [-0.25, -0.2) is 9.97 Å². The first kappa shape index (κ1) is 19.7. The van der Waals surface area contributed by atoms with Gasteiger partial charge in [-0.3, -0.25) is 4.99 Å². The Bertz CT molecular complexity index is 762. The number of para-hydroxylation sites is 2. The molecule has 0 amide bonds. The summed E-state index contributed by atoms with van der Waals surface area (Å²) in [6.07, 6.45) is 3.52. The molecule has 0 bridgehead atoms. The maximum Gasteiger partial charge on any atom is 0.225 e. The van der Waals surface area contributed by atoms with Crippen molar-refractivity contribution in [3.8, 4) is 11.5 Å². The average Bonchev–Trinajstić information content (AvgIpc) is 2.75. The summed E-state index contributed by atoms with van der Waals surface area (Å²) in [5, 5.41) is 3.41. The van der Waals surface area contributed by atoms with Gasteiger partial charge in [0.25, 0.3) is 0 Å². The third-order valence-electron chi connectivity index (χ3n) is 4.57. The van der Waals surface area contributed by atoms with E-state index in [0.29, 0.717) is 6.54 Å². The van der Waals surface area contributed by atoms with E-state index in [9.17, 15) is 0 Å². The molecule has 1 atom stereocenters. The van der Waals surface area contributed by atoms with Crippen molar-refractivity contribution in [2.45, 2.75) is 13.0 Å². The molecule has 1 unspecified atom stereocenters. The number of anilines is 1. The van der Waals surface area contributed by atoms with E-state index in [2.05, 4.69) is 30.1 Å². The fourth-order valence-electron chi connectivity index (χ4n) is 3.11. The third kappa shape index (κ3) is 5.03. The summed E-state index contributed by atoms with van der Waals surface area (Å²) < 4.78 is 11.4. The van der Waals surface area contributed by atoms with E-state index in [4.69, 9.17) is 9.47 Å². The van der Waals surface area contributed by atoms with Gasteiger partial charge < -0.3 is 24.6 Å². The van der Waals surface area contributed by atoms with Crippen molar-refractivity contribution in [1.29, 1.82) is 0 Å². The lowest BCUT2D eigenvalue weighted by molar-refractivity contribution is 0.211. The van der Waals surface area contributed by atoms with E-state index in [0.717, 1.165) is 49.6 Å². The Morgan fingerprint density at radius 2 is 1.79 bits per heavy atom. The highest BCUT2D eigenvalue weighted by Crippen LogP contribution is 2.26. The first-order valence-corrected chi connectivity index (χ1v) is 9.48. The van der Waals surface area contributed by atoms with Gasteiger partial charge in [0.05, 0.1) is 13.7 Å². The van der Waals surface area contributed by atoms with Crippen molar-refractivity contribution in [3.05, 3.63) is 42.7 Å². The molecule has 3 rings (SSSR count). The molecule has 0 saturated carbocycles. The molecule has 1 aromatic heterocycles. The van der Waals surface area contributed by atoms with Crippen molar-refractivity contribution in [3.63, 3.8) is 0 Å². The number of aromatic nitrogens is 2. The normalized spacial score (nSPS) is 15.9. The Morgan fingerprint density at radius 1 is 1.11 bits per heavy atom. The van der Waals surface area contributed by atoms with Gasteiger partial charge in [0.15, 0.2) is 17.5 Å². The highest BCUT2D eigenvalue weighted by Gasteiger charge is 2.21. The van der Waals surface area contributed by atoms with Crippen LogP contribution < -0.4 is 19.7 Å². The lowest BCUT2D eigenvalue weighted by Crippen LogP contribution is -2.53. The molecule has 1 N–H and O–H groups in total. The van der Waals surface area contributed by atoms with Gasteiger partial charge in [-0.1, -0.05) is 12.1 Å². The minimum Gasteiger partial charge on any atom is -0.493 e. The minimum absolute atomic E-state index is 0.0351. The second-order valence-electron chi connectivity index (χ2n) is 6.53. The van der Waals surface area contributed by atoms with Crippen LogP contribution in [0.5, 0.6) is 11.5 Å². The summed E-state index contributed by atoms with van der Waals surface area (Å²) in [5.74, 6) is 3.14. The van der Waals surface area contributed by atoms with E-state index in [1.165, 1.54) is 0 Å². The third-order valence-corrected chi connectivity index (χ3v) is 4.57. The highest BCUT2D eigenvalue weighted by molar-refractivity contribution is 5.80. The van der Waals surface area contributed by atoms with Crippen molar-refractivity contribution in [2.24, 2.45) is 4.99 Å². The van der Waals surface area contributed by atoms with Gasteiger partial charge in [-0.15, -0.1) is 0 Å². The van der Waals surface area contributed by atoms with Crippen LogP contribution in [0, 0.1) is 0 Å². The van der Waals surface area contributed by atoms with Crippen LogP contribution in [0.2, 0.25) is 0 Å². The topological polar surface area (TPSA) is 75.1 Å². The largest absolute Gasteiger partial charge is 0.493 e. The first-order chi connectivity index (χ1) is 13.7. The second kappa shape index (κ2) is 9.77. The molecule has 2 aromatic rings. The zero-order chi connectivity index (χ0) is 19.8. The number of methoxy groups -OCH3 is 1. The van der Waals surface area contributed by atoms with E-state index in [1.807, 2.05) is 37.3 Å². The highest BCUT2D eigenvalue weighted by atomic mass is 16.5. The van der Waals surface area contributed by atoms with Crippen LogP contribution in [0.4, 0.5) is 5.95 Å². The van der Waals surface area contributed by atoms with Crippen LogP contribution >= 0.6 is 0 Å². The number of piperazine rings is 1. The molecular formula is C20H28N6O2. The summed E-state index contributed by atoms with van der Waals surface area (Å²) in [7, 11) is 3.45. The van der Waals surface area contributed by atoms with Crippen LogP contribution in [0.1, 0.15) is 6.92 Å². The molecule has 8 heteroatoms. The van der Waals surface area contributed by atoms with Gasteiger partial charge in [0.2, 0.25) is 5.95 Å². The van der Waals surface area contributed by atoms with Gasteiger partial charge in [0.1, 0.15) is 6.10 Å². The van der Waals surface area contributed by atoms with E-state index in [1.54, 1.807) is 26.6 Å². The van der Waals surface area contributed by atoms with E-state index >= 15 is 0 Å². The maximum absolute atomic E-state index is 6.01. The number of guanidine groups is 1. The molecule has 0 radical (unpaired) electrons. The lowest BCUT2D eigenvalue weighted by Gasteiger charge is -2.36. The van der Waals surface area contributed by atoms with Gasteiger partial charge >= 0.3 is 0 Å².